The van der Waals surface area contributed by atoms with E-state index in [1.54, 1.807) is 19.1 Å². The van der Waals surface area contributed by atoms with E-state index in [0.29, 0.717) is 22.9 Å². The van der Waals surface area contributed by atoms with Crippen molar-refractivity contribution in [2.75, 3.05) is 24.6 Å². The lowest BCUT2D eigenvalue weighted by molar-refractivity contribution is -0.121. The zero-order valence-corrected chi connectivity index (χ0v) is 18.0. The second-order valence-corrected chi connectivity index (χ2v) is 10.5. The van der Waals surface area contributed by atoms with Crippen LogP contribution >= 0.6 is 11.8 Å². The van der Waals surface area contributed by atoms with Gasteiger partial charge in [-0.05, 0) is 49.8 Å². The van der Waals surface area contributed by atoms with Crippen LogP contribution in [0.2, 0.25) is 0 Å². The van der Waals surface area contributed by atoms with Gasteiger partial charge in [-0.2, -0.15) is 0 Å². The van der Waals surface area contributed by atoms with Crippen LogP contribution in [0.5, 0.6) is 0 Å². The average Bonchev–Trinajstić information content (AvgIpc) is 3.47. The minimum atomic E-state index is -3.57. The molecule has 0 bridgehead atoms. The van der Waals surface area contributed by atoms with Gasteiger partial charge < -0.3 is 4.90 Å². The van der Waals surface area contributed by atoms with Crippen LogP contribution in [0.4, 0.5) is 9.18 Å². The third-order valence-corrected chi connectivity index (χ3v) is 7.77. The highest BCUT2D eigenvalue weighted by atomic mass is 32.2. The molecule has 160 valence electrons. The summed E-state index contributed by atoms with van der Waals surface area (Å²) in [5.41, 5.74) is 0.710. The summed E-state index contributed by atoms with van der Waals surface area (Å²) in [6.07, 6.45) is 2.87. The van der Waals surface area contributed by atoms with E-state index in [4.69, 9.17) is 0 Å². The lowest BCUT2D eigenvalue weighted by Gasteiger charge is -2.26. The van der Waals surface area contributed by atoms with E-state index >= 15 is 0 Å². The zero-order chi connectivity index (χ0) is 21.0. The minimum absolute atomic E-state index is 0.139. The van der Waals surface area contributed by atoms with Gasteiger partial charge in [-0.3, -0.25) is 10.1 Å². The van der Waals surface area contributed by atoms with Gasteiger partial charge in [-0.1, -0.05) is 6.07 Å². The molecule has 0 unspecified atom stereocenters. The number of imide groups is 1. The SMILES string of the molecule is C[C@@H](NS(=O)(=O)CCCN1CCC(=O)NC1=O)c1ccc(F)c(SCC2CC2)c1. The van der Waals surface area contributed by atoms with Gasteiger partial charge in [0.1, 0.15) is 5.82 Å². The van der Waals surface area contributed by atoms with E-state index in [1.165, 1.54) is 35.6 Å². The van der Waals surface area contributed by atoms with Gasteiger partial charge in [0.2, 0.25) is 15.9 Å². The number of carbonyl (C=O) groups excluding carboxylic acids is 2. The molecule has 2 fully saturated rings. The summed E-state index contributed by atoms with van der Waals surface area (Å²) in [5.74, 6) is 0.811. The van der Waals surface area contributed by atoms with Gasteiger partial charge in [0.15, 0.2) is 0 Å². The largest absolute Gasteiger partial charge is 0.324 e. The Morgan fingerprint density at radius 3 is 2.79 bits per heavy atom. The van der Waals surface area contributed by atoms with Crippen molar-refractivity contribution in [3.8, 4) is 0 Å². The van der Waals surface area contributed by atoms with E-state index in [0.717, 1.165) is 5.75 Å². The number of urea groups is 1. The number of nitrogens with one attached hydrogen (secondary N) is 2. The molecule has 2 N–H and O–H groups in total. The van der Waals surface area contributed by atoms with Crippen molar-refractivity contribution in [2.45, 2.75) is 43.5 Å². The first-order chi connectivity index (χ1) is 13.7. The highest BCUT2D eigenvalue weighted by Crippen LogP contribution is 2.36. The Kier molecular flexibility index (Phi) is 7.18. The standard InChI is InChI=1S/C19H26FN3O4S2/c1-13(15-5-6-16(20)17(11-15)28-12-14-3-4-14)22-29(26,27)10-2-8-23-9-7-18(24)21-19(23)25/h5-6,11,13-14,22H,2-4,7-10,12H2,1H3,(H,21,24,25)/t13-/m1/s1. The number of hydrogen-bond donors (Lipinski definition) is 2. The van der Waals surface area contributed by atoms with Crippen molar-refractivity contribution in [1.29, 1.82) is 0 Å². The Morgan fingerprint density at radius 2 is 2.10 bits per heavy atom. The number of rotatable bonds is 10. The van der Waals surface area contributed by atoms with Crippen molar-refractivity contribution >= 4 is 33.7 Å². The van der Waals surface area contributed by atoms with Gasteiger partial charge >= 0.3 is 6.03 Å². The fourth-order valence-corrected chi connectivity index (χ4v) is 5.52. The van der Waals surface area contributed by atoms with Gasteiger partial charge in [0.25, 0.3) is 0 Å². The molecule has 1 saturated carbocycles. The third kappa shape index (κ3) is 6.68. The molecule has 2 aliphatic rings. The van der Waals surface area contributed by atoms with Crippen molar-refractivity contribution < 1.29 is 22.4 Å². The maximum absolute atomic E-state index is 14.0. The second-order valence-electron chi connectivity index (χ2n) is 7.55. The molecule has 1 aromatic carbocycles. The lowest BCUT2D eigenvalue weighted by atomic mass is 10.1. The predicted molar refractivity (Wildman–Crippen MR) is 110 cm³/mol. The molecule has 29 heavy (non-hydrogen) atoms. The van der Waals surface area contributed by atoms with E-state index < -0.39 is 22.1 Å². The lowest BCUT2D eigenvalue weighted by Crippen LogP contribution is -2.49. The number of nitrogens with zero attached hydrogens (tertiary/aromatic N) is 1. The molecular weight excluding hydrogens is 417 g/mol. The quantitative estimate of drug-likeness (QED) is 0.542. The minimum Gasteiger partial charge on any atom is -0.324 e. The fraction of sp³-hybridized carbons (Fsp3) is 0.579. The first-order valence-electron chi connectivity index (χ1n) is 9.74. The van der Waals surface area contributed by atoms with Gasteiger partial charge in [0, 0.05) is 36.2 Å². The van der Waals surface area contributed by atoms with Crippen LogP contribution in [0.1, 0.15) is 44.2 Å². The van der Waals surface area contributed by atoms with Crippen LogP contribution in [-0.4, -0.2) is 49.9 Å². The summed E-state index contributed by atoms with van der Waals surface area (Å²) in [4.78, 5) is 24.8. The first-order valence-corrected chi connectivity index (χ1v) is 12.4. The van der Waals surface area contributed by atoms with Crippen LogP contribution < -0.4 is 10.0 Å². The summed E-state index contributed by atoms with van der Waals surface area (Å²) in [6.45, 7) is 2.28. The molecule has 1 aromatic rings. The molecule has 1 heterocycles. The maximum atomic E-state index is 14.0. The molecule has 1 aliphatic carbocycles. The van der Waals surface area contributed by atoms with Crippen LogP contribution in [-0.2, 0) is 14.8 Å². The molecule has 1 aliphatic heterocycles. The third-order valence-electron chi connectivity index (χ3n) is 4.97. The van der Waals surface area contributed by atoms with Crippen molar-refractivity contribution in [3.05, 3.63) is 29.6 Å². The summed E-state index contributed by atoms with van der Waals surface area (Å²) in [7, 11) is -3.57. The van der Waals surface area contributed by atoms with Crippen LogP contribution in [0, 0.1) is 11.7 Å². The summed E-state index contributed by atoms with van der Waals surface area (Å²) in [5, 5.41) is 2.21. The number of carbonyl (C=O) groups is 2. The Morgan fingerprint density at radius 1 is 1.34 bits per heavy atom. The Balaban J connectivity index is 1.50. The number of halogens is 1. The molecule has 0 spiro atoms. The molecule has 10 heteroatoms. The average molecular weight is 444 g/mol. The summed E-state index contributed by atoms with van der Waals surface area (Å²) < 4.78 is 41.4. The van der Waals surface area contributed by atoms with Gasteiger partial charge in [-0.25, -0.2) is 22.3 Å². The Hall–Kier alpha value is -1.65. The molecule has 3 amide bonds. The fourth-order valence-electron chi connectivity index (χ4n) is 3.05. The van der Waals surface area contributed by atoms with E-state index in [9.17, 15) is 22.4 Å². The smallest absolute Gasteiger partial charge is 0.324 e. The molecule has 7 nitrogen and oxygen atoms in total. The molecule has 1 saturated heterocycles. The molecule has 0 aromatic heterocycles. The highest BCUT2D eigenvalue weighted by Gasteiger charge is 2.24. The predicted octanol–water partition coefficient (Wildman–Crippen LogP) is 2.64. The second kappa shape index (κ2) is 9.44. The van der Waals surface area contributed by atoms with E-state index in [2.05, 4.69) is 10.0 Å². The maximum Gasteiger partial charge on any atom is 0.324 e. The highest BCUT2D eigenvalue weighted by molar-refractivity contribution is 7.99. The monoisotopic (exact) mass is 443 g/mol. The Labute approximate surface area is 174 Å². The van der Waals surface area contributed by atoms with Crippen LogP contribution in [0.15, 0.2) is 23.1 Å². The molecular formula is C19H26FN3O4S2. The molecule has 3 rings (SSSR count). The number of sulfonamides is 1. The van der Waals surface area contributed by atoms with Crippen LogP contribution in [0.3, 0.4) is 0 Å². The topological polar surface area (TPSA) is 95.6 Å². The number of hydrogen-bond acceptors (Lipinski definition) is 5. The van der Waals surface area contributed by atoms with Gasteiger partial charge in [-0.15, -0.1) is 11.8 Å². The normalized spacial score (nSPS) is 18.6. The first kappa shape index (κ1) is 22.0. The van der Waals surface area contributed by atoms with Crippen molar-refractivity contribution in [2.24, 2.45) is 5.92 Å². The van der Waals surface area contributed by atoms with Crippen molar-refractivity contribution in [1.82, 2.24) is 14.9 Å². The summed E-state index contributed by atoms with van der Waals surface area (Å²) in [6, 6.07) is 3.72. The van der Waals surface area contributed by atoms with E-state index in [-0.39, 0.29) is 36.9 Å². The number of amides is 3. The van der Waals surface area contributed by atoms with Gasteiger partial charge in [0.05, 0.1) is 5.75 Å². The van der Waals surface area contributed by atoms with Crippen molar-refractivity contribution in [3.63, 3.8) is 0 Å². The Bertz CT molecular complexity index is 874. The van der Waals surface area contributed by atoms with Crippen LogP contribution in [0.25, 0.3) is 0 Å². The number of thioether (sulfide) groups is 1. The summed E-state index contributed by atoms with van der Waals surface area (Å²) >= 11 is 1.48. The molecule has 0 radical (unpaired) electrons. The number of benzene rings is 1. The zero-order valence-electron chi connectivity index (χ0n) is 16.3. The molecule has 1 atom stereocenters. The van der Waals surface area contributed by atoms with E-state index in [1.807, 2.05) is 0 Å².